The van der Waals surface area contributed by atoms with Crippen molar-refractivity contribution in [1.29, 1.82) is 0 Å². The lowest BCUT2D eigenvalue weighted by atomic mass is 9.64. The van der Waals surface area contributed by atoms with Gasteiger partial charge in [0.05, 0.1) is 12.0 Å². The molecule has 0 spiro atoms. The minimum absolute atomic E-state index is 0.119. The Bertz CT molecular complexity index is 243. The van der Waals surface area contributed by atoms with Crippen LogP contribution in [0.5, 0.6) is 0 Å². The van der Waals surface area contributed by atoms with Crippen LogP contribution >= 0.6 is 0 Å². The Kier molecular flexibility index (Phi) is 3.41. The van der Waals surface area contributed by atoms with Crippen LogP contribution in [0, 0.1) is 11.3 Å². The highest BCUT2D eigenvalue weighted by atomic mass is 16.5. The smallest absolute Gasteiger partial charge is 0.312 e. The first kappa shape index (κ1) is 12.5. The zero-order valence-electron chi connectivity index (χ0n) is 9.62. The fourth-order valence-electron chi connectivity index (χ4n) is 2.17. The van der Waals surface area contributed by atoms with Crippen molar-refractivity contribution in [1.82, 2.24) is 0 Å². The summed E-state index contributed by atoms with van der Waals surface area (Å²) in [6.45, 7) is 5.97. The van der Waals surface area contributed by atoms with Gasteiger partial charge in [0, 0.05) is 6.61 Å². The molecule has 4 nitrogen and oxygen atoms in total. The molecule has 1 rings (SSSR count). The molecule has 0 aromatic carbocycles. The van der Waals surface area contributed by atoms with Crippen molar-refractivity contribution in [2.45, 2.75) is 39.2 Å². The zero-order valence-corrected chi connectivity index (χ0v) is 9.62. The second-order valence-corrected chi connectivity index (χ2v) is 4.85. The van der Waals surface area contributed by atoms with E-state index in [4.69, 9.17) is 4.74 Å². The number of carboxylic acids is 1. The first-order chi connectivity index (χ1) is 6.84. The fourth-order valence-corrected chi connectivity index (χ4v) is 2.17. The molecule has 15 heavy (non-hydrogen) atoms. The molecule has 0 aromatic heterocycles. The second-order valence-electron chi connectivity index (χ2n) is 4.85. The minimum Gasteiger partial charge on any atom is -0.481 e. The lowest BCUT2D eigenvalue weighted by Gasteiger charge is -2.46. The highest BCUT2D eigenvalue weighted by molar-refractivity contribution is 5.76. The van der Waals surface area contributed by atoms with Gasteiger partial charge >= 0.3 is 5.97 Å². The third-order valence-electron chi connectivity index (χ3n) is 3.79. The van der Waals surface area contributed by atoms with E-state index in [1.807, 2.05) is 13.8 Å². The Hall–Kier alpha value is -0.610. The molecule has 0 radical (unpaired) electrons. The summed E-state index contributed by atoms with van der Waals surface area (Å²) in [4.78, 5) is 11.4. The summed E-state index contributed by atoms with van der Waals surface area (Å²) in [6.07, 6.45) is 1.21. The maximum atomic E-state index is 11.4. The molecule has 4 heteroatoms. The van der Waals surface area contributed by atoms with Gasteiger partial charge in [-0.1, -0.05) is 13.8 Å². The number of aliphatic hydroxyl groups is 1. The van der Waals surface area contributed by atoms with Gasteiger partial charge in [-0.3, -0.25) is 4.79 Å². The predicted octanol–water partition coefficient (Wildman–Crippen LogP) is 1.27. The van der Waals surface area contributed by atoms with E-state index in [1.165, 1.54) is 0 Å². The number of hydrogen-bond donors (Lipinski definition) is 2. The molecule has 1 heterocycles. The van der Waals surface area contributed by atoms with E-state index in [1.54, 1.807) is 6.92 Å². The number of ether oxygens (including phenoxy) is 1. The Balaban J connectivity index is 3.02. The van der Waals surface area contributed by atoms with Crippen LogP contribution in [0.15, 0.2) is 0 Å². The Morgan fingerprint density at radius 3 is 2.47 bits per heavy atom. The normalized spacial score (nSPS) is 31.3. The van der Waals surface area contributed by atoms with Crippen molar-refractivity contribution in [3.63, 3.8) is 0 Å². The molecule has 0 amide bonds. The van der Waals surface area contributed by atoms with Gasteiger partial charge < -0.3 is 14.9 Å². The highest BCUT2D eigenvalue weighted by Crippen LogP contribution is 2.43. The Labute approximate surface area is 90.2 Å². The van der Waals surface area contributed by atoms with Crippen LogP contribution in [0.3, 0.4) is 0 Å². The maximum absolute atomic E-state index is 11.4. The van der Waals surface area contributed by atoms with E-state index in [0.717, 1.165) is 0 Å². The van der Waals surface area contributed by atoms with Gasteiger partial charge in [-0.05, 0) is 25.7 Å². The molecule has 88 valence electrons. The summed E-state index contributed by atoms with van der Waals surface area (Å²) in [6, 6.07) is 0. The minimum atomic E-state index is -1.24. The monoisotopic (exact) mass is 216 g/mol. The summed E-state index contributed by atoms with van der Waals surface area (Å²) in [5.74, 6) is -1.09. The van der Waals surface area contributed by atoms with Crippen LogP contribution in [0.1, 0.15) is 33.6 Å². The average molecular weight is 216 g/mol. The van der Waals surface area contributed by atoms with Gasteiger partial charge in [-0.2, -0.15) is 0 Å². The summed E-state index contributed by atoms with van der Waals surface area (Å²) in [5.41, 5.74) is -2.39. The van der Waals surface area contributed by atoms with Crippen LogP contribution in [0.4, 0.5) is 0 Å². The van der Waals surface area contributed by atoms with Gasteiger partial charge in [0.1, 0.15) is 5.60 Å². The van der Waals surface area contributed by atoms with Gasteiger partial charge in [0.25, 0.3) is 0 Å². The van der Waals surface area contributed by atoms with Crippen molar-refractivity contribution in [2.75, 3.05) is 13.2 Å². The first-order valence-electron chi connectivity index (χ1n) is 5.38. The van der Waals surface area contributed by atoms with E-state index >= 15 is 0 Å². The molecule has 0 aromatic rings. The molecule has 1 fully saturated rings. The van der Waals surface area contributed by atoms with Crippen LogP contribution in [-0.4, -0.2) is 35.0 Å². The van der Waals surface area contributed by atoms with E-state index in [-0.39, 0.29) is 12.5 Å². The van der Waals surface area contributed by atoms with Crippen LogP contribution in [0.2, 0.25) is 0 Å². The molecular formula is C11H20O4. The third-order valence-corrected chi connectivity index (χ3v) is 3.79. The molecule has 1 aliphatic rings. The van der Waals surface area contributed by atoms with Gasteiger partial charge in [-0.15, -0.1) is 0 Å². The van der Waals surface area contributed by atoms with Crippen LogP contribution < -0.4 is 0 Å². The number of carbonyl (C=O) groups is 1. The number of aliphatic carboxylic acids is 1. The van der Waals surface area contributed by atoms with Crippen molar-refractivity contribution in [3.05, 3.63) is 0 Å². The molecule has 0 bridgehead atoms. The number of hydrogen-bond acceptors (Lipinski definition) is 3. The largest absolute Gasteiger partial charge is 0.481 e. The topological polar surface area (TPSA) is 66.8 Å². The Morgan fingerprint density at radius 2 is 2.13 bits per heavy atom. The molecule has 0 aliphatic carbocycles. The molecule has 2 atom stereocenters. The molecule has 1 aliphatic heterocycles. The van der Waals surface area contributed by atoms with E-state index < -0.39 is 17.0 Å². The van der Waals surface area contributed by atoms with Gasteiger partial charge in [0.2, 0.25) is 0 Å². The van der Waals surface area contributed by atoms with Crippen molar-refractivity contribution >= 4 is 5.97 Å². The van der Waals surface area contributed by atoms with Crippen LogP contribution in [0.25, 0.3) is 0 Å². The fraction of sp³-hybridized carbons (Fsp3) is 0.909. The molecule has 1 saturated heterocycles. The van der Waals surface area contributed by atoms with Gasteiger partial charge in [0.15, 0.2) is 0 Å². The van der Waals surface area contributed by atoms with E-state index in [2.05, 4.69) is 0 Å². The van der Waals surface area contributed by atoms with E-state index in [9.17, 15) is 15.0 Å². The number of carboxylic acid groups (broad SMARTS) is 1. The molecule has 2 unspecified atom stereocenters. The molecule has 2 N–H and O–H groups in total. The highest BCUT2D eigenvalue weighted by Gasteiger charge is 2.55. The summed E-state index contributed by atoms with van der Waals surface area (Å²) in [7, 11) is 0. The maximum Gasteiger partial charge on any atom is 0.312 e. The summed E-state index contributed by atoms with van der Waals surface area (Å²) in [5, 5.41) is 19.7. The first-order valence-corrected chi connectivity index (χ1v) is 5.38. The molecule has 0 saturated carbocycles. The zero-order chi connectivity index (χ0) is 11.7. The molecular weight excluding hydrogens is 196 g/mol. The van der Waals surface area contributed by atoms with Crippen molar-refractivity contribution < 1.29 is 19.7 Å². The quantitative estimate of drug-likeness (QED) is 0.745. The van der Waals surface area contributed by atoms with Crippen molar-refractivity contribution in [3.8, 4) is 0 Å². The Morgan fingerprint density at radius 1 is 1.53 bits per heavy atom. The average Bonchev–Trinajstić information content (AvgIpc) is 2.16. The third kappa shape index (κ3) is 1.88. The standard InChI is InChI=1S/C11H20O4/c1-8(2)10(3,9(12)13)11(14)5-4-6-15-7-11/h8,14H,4-7H2,1-3H3,(H,12,13). The number of rotatable bonds is 3. The lowest BCUT2D eigenvalue weighted by Crippen LogP contribution is -2.58. The lowest BCUT2D eigenvalue weighted by molar-refractivity contribution is -0.196. The SMILES string of the molecule is CC(C)C(C)(C(=O)O)C1(O)CCCOC1. The summed E-state index contributed by atoms with van der Waals surface area (Å²) >= 11 is 0. The van der Waals surface area contributed by atoms with Crippen LogP contribution in [-0.2, 0) is 9.53 Å². The predicted molar refractivity (Wildman–Crippen MR) is 55.6 cm³/mol. The summed E-state index contributed by atoms with van der Waals surface area (Å²) < 4.78 is 5.22. The van der Waals surface area contributed by atoms with E-state index in [0.29, 0.717) is 19.4 Å². The van der Waals surface area contributed by atoms with Crippen molar-refractivity contribution in [2.24, 2.45) is 11.3 Å². The second kappa shape index (κ2) is 4.10. The van der Waals surface area contributed by atoms with Gasteiger partial charge in [-0.25, -0.2) is 0 Å².